The Balaban J connectivity index is 2.37. The van der Waals surface area contributed by atoms with Crippen molar-refractivity contribution in [1.29, 1.82) is 0 Å². The third-order valence-electron chi connectivity index (χ3n) is 2.94. The zero-order valence-corrected chi connectivity index (χ0v) is 11.9. The van der Waals surface area contributed by atoms with E-state index in [-0.39, 0.29) is 5.82 Å². The molecule has 0 spiro atoms. The molecular formula is C13H12Cl2FNS. The highest BCUT2D eigenvalue weighted by Gasteiger charge is 2.31. The molecule has 0 fully saturated rings. The van der Waals surface area contributed by atoms with E-state index in [1.807, 2.05) is 6.07 Å². The first-order valence-electron chi connectivity index (χ1n) is 5.45. The number of benzene rings is 1. The van der Waals surface area contributed by atoms with Gasteiger partial charge in [0, 0.05) is 28.2 Å². The number of alkyl halides is 2. The Morgan fingerprint density at radius 1 is 1.28 bits per heavy atom. The Hall–Kier alpha value is -0.640. The zero-order chi connectivity index (χ0) is 13.0. The van der Waals surface area contributed by atoms with Gasteiger partial charge in [0.25, 0.3) is 0 Å². The van der Waals surface area contributed by atoms with Crippen molar-refractivity contribution in [1.82, 2.24) is 4.98 Å². The first kappa shape index (κ1) is 13.8. The van der Waals surface area contributed by atoms with E-state index in [2.05, 4.69) is 4.98 Å². The number of hydrogen-bond donors (Lipinski definition) is 0. The van der Waals surface area contributed by atoms with Crippen molar-refractivity contribution in [3.8, 4) is 0 Å². The molecule has 1 nitrogen and oxygen atoms in total. The van der Waals surface area contributed by atoms with Crippen LogP contribution in [-0.4, -0.2) is 16.7 Å². The van der Waals surface area contributed by atoms with Crippen LogP contribution in [0.3, 0.4) is 0 Å². The van der Waals surface area contributed by atoms with E-state index in [0.29, 0.717) is 18.2 Å². The molecule has 0 bridgehead atoms. The Morgan fingerprint density at radius 3 is 2.61 bits per heavy atom. The van der Waals surface area contributed by atoms with Crippen LogP contribution in [0.4, 0.5) is 4.39 Å². The number of thiazole rings is 1. The Labute approximate surface area is 120 Å². The quantitative estimate of drug-likeness (QED) is 0.753. The van der Waals surface area contributed by atoms with E-state index < -0.39 is 5.41 Å². The Kier molecular flexibility index (Phi) is 4.60. The minimum atomic E-state index is -0.447. The van der Waals surface area contributed by atoms with Crippen LogP contribution in [0, 0.1) is 5.82 Å². The SMILES string of the molecule is Fc1cccc(C(CCl)(CCl)Cc2cncs2)c1. The molecule has 0 atom stereocenters. The highest BCUT2D eigenvalue weighted by atomic mass is 35.5. The molecule has 0 aliphatic carbocycles. The fourth-order valence-corrected chi connectivity index (χ4v) is 3.39. The van der Waals surface area contributed by atoms with Crippen LogP contribution in [0.2, 0.25) is 0 Å². The molecule has 0 saturated heterocycles. The molecule has 1 heterocycles. The second kappa shape index (κ2) is 6.00. The van der Waals surface area contributed by atoms with Crippen LogP contribution in [0.25, 0.3) is 0 Å². The van der Waals surface area contributed by atoms with Gasteiger partial charge < -0.3 is 0 Å². The maximum absolute atomic E-state index is 13.4. The third-order valence-corrected chi connectivity index (χ3v) is 4.75. The first-order chi connectivity index (χ1) is 8.70. The molecule has 2 aromatic rings. The van der Waals surface area contributed by atoms with Gasteiger partial charge in [0.05, 0.1) is 5.51 Å². The fourth-order valence-electron chi connectivity index (χ4n) is 1.87. The standard InChI is InChI=1S/C13H12Cl2FNS/c14-7-13(8-15,5-12-6-17-9-18-12)10-2-1-3-11(16)4-10/h1-4,6,9H,5,7-8H2. The molecule has 0 N–H and O–H groups in total. The van der Waals surface area contributed by atoms with Crippen molar-refractivity contribution in [3.05, 3.63) is 52.2 Å². The van der Waals surface area contributed by atoms with Gasteiger partial charge >= 0.3 is 0 Å². The van der Waals surface area contributed by atoms with Crippen molar-refractivity contribution in [3.63, 3.8) is 0 Å². The average Bonchev–Trinajstić information content (AvgIpc) is 2.89. The summed E-state index contributed by atoms with van der Waals surface area (Å²) in [5.41, 5.74) is 2.16. The molecule has 5 heteroatoms. The summed E-state index contributed by atoms with van der Waals surface area (Å²) in [6.45, 7) is 0. The van der Waals surface area contributed by atoms with Crippen LogP contribution >= 0.6 is 34.5 Å². The lowest BCUT2D eigenvalue weighted by Crippen LogP contribution is -2.33. The van der Waals surface area contributed by atoms with E-state index >= 15 is 0 Å². The van der Waals surface area contributed by atoms with Crippen LogP contribution in [0.15, 0.2) is 36.0 Å². The third kappa shape index (κ3) is 2.85. The summed E-state index contributed by atoms with van der Waals surface area (Å²) in [6.07, 6.45) is 2.48. The highest BCUT2D eigenvalue weighted by Crippen LogP contribution is 2.33. The molecule has 2 rings (SSSR count). The monoisotopic (exact) mass is 303 g/mol. The second-order valence-electron chi connectivity index (χ2n) is 4.20. The highest BCUT2D eigenvalue weighted by molar-refractivity contribution is 7.09. The number of nitrogens with zero attached hydrogens (tertiary/aromatic N) is 1. The Bertz CT molecular complexity index is 497. The van der Waals surface area contributed by atoms with Gasteiger partial charge in [-0.3, -0.25) is 4.98 Å². The van der Waals surface area contributed by atoms with Gasteiger partial charge in [-0.05, 0) is 24.1 Å². The van der Waals surface area contributed by atoms with Crippen molar-refractivity contribution >= 4 is 34.5 Å². The van der Waals surface area contributed by atoms with E-state index in [1.54, 1.807) is 29.1 Å². The largest absolute Gasteiger partial charge is 0.253 e. The smallest absolute Gasteiger partial charge is 0.123 e. The molecule has 0 unspecified atom stereocenters. The van der Waals surface area contributed by atoms with Gasteiger partial charge in [-0.2, -0.15) is 0 Å². The van der Waals surface area contributed by atoms with Crippen LogP contribution in [0.5, 0.6) is 0 Å². The number of rotatable bonds is 5. The van der Waals surface area contributed by atoms with Gasteiger partial charge in [-0.25, -0.2) is 4.39 Å². The summed E-state index contributed by atoms with van der Waals surface area (Å²) < 4.78 is 13.4. The van der Waals surface area contributed by atoms with Gasteiger partial charge in [-0.1, -0.05) is 12.1 Å². The molecule has 1 aromatic carbocycles. The van der Waals surface area contributed by atoms with E-state index in [0.717, 1.165) is 10.4 Å². The van der Waals surface area contributed by atoms with Gasteiger partial charge in [0.1, 0.15) is 5.82 Å². The van der Waals surface area contributed by atoms with Crippen molar-refractivity contribution in [2.75, 3.05) is 11.8 Å². The number of halogens is 3. The maximum atomic E-state index is 13.4. The zero-order valence-electron chi connectivity index (χ0n) is 9.57. The number of hydrogen-bond acceptors (Lipinski definition) is 2. The molecule has 0 radical (unpaired) electrons. The van der Waals surface area contributed by atoms with Crippen LogP contribution in [-0.2, 0) is 11.8 Å². The molecule has 0 aliphatic heterocycles. The molecule has 96 valence electrons. The predicted octanol–water partition coefficient (Wildman–Crippen LogP) is 4.24. The summed E-state index contributed by atoms with van der Waals surface area (Å²) in [6, 6.07) is 6.48. The topological polar surface area (TPSA) is 12.9 Å². The molecule has 0 aliphatic rings. The second-order valence-corrected chi connectivity index (χ2v) is 5.71. The molecule has 18 heavy (non-hydrogen) atoms. The van der Waals surface area contributed by atoms with Crippen LogP contribution < -0.4 is 0 Å². The number of aromatic nitrogens is 1. The minimum absolute atomic E-state index is 0.267. The van der Waals surface area contributed by atoms with Crippen LogP contribution in [0.1, 0.15) is 10.4 Å². The van der Waals surface area contributed by atoms with E-state index in [9.17, 15) is 4.39 Å². The first-order valence-corrected chi connectivity index (χ1v) is 7.40. The summed E-state index contributed by atoms with van der Waals surface area (Å²) in [7, 11) is 0. The summed E-state index contributed by atoms with van der Waals surface area (Å²) in [5, 5.41) is 0. The Morgan fingerprint density at radius 2 is 2.06 bits per heavy atom. The minimum Gasteiger partial charge on any atom is -0.253 e. The van der Waals surface area contributed by atoms with E-state index in [1.165, 1.54) is 12.1 Å². The van der Waals surface area contributed by atoms with Crippen molar-refractivity contribution in [2.24, 2.45) is 0 Å². The summed E-state index contributed by atoms with van der Waals surface area (Å²) in [5.74, 6) is 0.423. The average molecular weight is 304 g/mol. The molecule has 1 aromatic heterocycles. The summed E-state index contributed by atoms with van der Waals surface area (Å²) >= 11 is 13.8. The van der Waals surface area contributed by atoms with E-state index in [4.69, 9.17) is 23.2 Å². The lowest BCUT2D eigenvalue weighted by Gasteiger charge is -2.29. The molecule has 0 saturated carbocycles. The normalized spacial score (nSPS) is 11.7. The van der Waals surface area contributed by atoms with Crippen molar-refractivity contribution < 1.29 is 4.39 Å². The maximum Gasteiger partial charge on any atom is 0.123 e. The van der Waals surface area contributed by atoms with Gasteiger partial charge in [0.2, 0.25) is 0 Å². The lowest BCUT2D eigenvalue weighted by atomic mass is 9.80. The van der Waals surface area contributed by atoms with Crippen molar-refractivity contribution in [2.45, 2.75) is 11.8 Å². The fraction of sp³-hybridized carbons (Fsp3) is 0.308. The lowest BCUT2D eigenvalue weighted by molar-refractivity contribution is 0.532. The van der Waals surface area contributed by atoms with Gasteiger partial charge in [-0.15, -0.1) is 34.5 Å². The molecular weight excluding hydrogens is 292 g/mol. The summed E-state index contributed by atoms with van der Waals surface area (Å²) in [4.78, 5) is 5.14. The predicted molar refractivity (Wildman–Crippen MR) is 75.3 cm³/mol. The molecule has 0 amide bonds. The van der Waals surface area contributed by atoms with Gasteiger partial charge in [0.15, 0.2) is 0 Å².